The molecule has 2 aromatic carbocycles. The summed E-state index contributed by atoms with van der Waals surface area (Å²) in [6, 6.07) is 13.6. The van der Waals surface area contributed by atoms with Crippen LogP contribution in [-0.4, -0.2) is 43.3 Å². The van der Waals surface area contributed by atoms with Crippen LogP contribution in [0, 0.1) is 0 Å². The van der Waals surface area contributed by atoms with Crippen molar-refractivity contribution in [1.82, 2.24) is 9.55 Å². The van der Waals surface area contributed by atoms with Gasteiger partial charge in [0.1, 0.15) is 0 Å². The topological polar surface area (TPSA) is 90.3 Å². The number of nitrogens with zero attached hydrogens (tertiary/aromatic N) is 2. The zero-order chi connectivity index (χ0) is 20.1. The summed E-state index contributed by atoms with van der Waals surface area (Å²) in [5.41, 5.74) is 1.95. The Morgan fingerprint density at radius 2 is 1.96 bits per heavy atom. The maximum absolute atomic E-state index is 12.7. The third-order valence-electron chi connectivity index (χ3n) is 4.28. The van der Waals surface area contributed by atoms with E-state index in [1.54, 1.807) is 12.1 Å². The first kappa shape index (κ1) is 20.0. The minimum atomic E-state index is -3.39. The Balaban J connectivity index is 1.88. The summed E-state index contributed by atoms with van der Waals surface area (Å²) in [6.07, 6.45) is 1.89. The van der Waals surface area contributed by atoms with Crippen LogP contribution in [0.4, 0.5) is 5.95 Å². The number of aryl methyl sites for hydroxylation is 1. The van der Waals surface area contributed by atoms with E-state index in [2.05, 4.69) is 10.3 Å². The first-order valence-corrected chi connectivity index (χ1v) is 10.9. The molecule has 0 spiro atoms. The minimum absolute atomic E-state index is 0.102. The molecule has 0 fully saturated rings. The molecular weight excluding hydrogens is 378 g/mol. The largest absolute Gasteiger partial charge is 0.382 e. The van der Waals surface area contributed by atoms with Gasteiger partial charge in [-0.05, 0) is 43.7 Å². The number of imidazole rings is 1. The van der Waals surface area contributed by atoms with Gasteiger partial charge in [0, 0.05) is 31.6 Å². The molecule has 1 heterocycles. The molecule has 0 bridgehead atoms. The average Bonchev–Trinajstić information content (AvgIpc) is 3.02. The van der Waals surface area contributed by atoms with E-state index >= 15 is 0 Å². The SMILES string of the molecule is CCOCCCn1c(NC(=O)c2cccc(S(C)(=O)=O)c2)nc2ccccc21. The van der Waals surface area contributed by atoms with E-state index in [-0.39, 0.29) is 10.5 Å². The van der Waals surface area contributed by atoms with Crippen molar-refractivity contribution in [2.45, 2.75) is 24.8 Å². The predicted octanol–water partition coefficient (Wildman–Crippen LogP) is 3.12. The maximum Gasteiger partial charge on any atom is 0.258 e. The Kier molecular flexibility index (Phi) is 6.11. The molecule has 3 rings (SSSR count). The molecule has 148 valence electrons. The number of sulfone groups is 1. The number of benzene rings is 2. The molecule has 28 heavy (non-hydrogen) atoms. The minimum Gasteiger partial charge on any atom is -0.382 e. The highest BCUT2D eigenvalue weighted by molar-refractivity contribution is 7.90. The molecule has 3 aromatic rings. The zero-order valence-electron chi connectivity index (χ0n) is 15.9. The van der Waals surface area contributed by atoms with Gasteiger partial charge in [-0.25, -0.2) is 13.4 Å². The predicted molar refractivity (Wildman–Crippen MR) is 108 cm³/mol. The van der Waals surface area contributed by atoms with Crippen LogP contribution in [0.1, 0.15) is 23.7 Å². The summed E-state index contributed by atoms with van der Waals surface area (Å²) >= 11 is 0. The van der Waals surface area contributed by atoms with Gasteiger partial charge in [-0.15, -0.1) is 0 Å². The smallest absolute Gasteiger partial charge is 0.258 e. The third-order valence-corrected chi connectivity index (χ3v) is 5.39. The van der Waals surface area contributed by atoms with E-state index in [1.807, 2.05) is 35.8 Å². The number of nitrogens with one attached hydrogen (secondary N) is 1. The van der Waals surface area contributed by atoms with Gasteiger partial charge in [-0.2, -0.15) is 0 Å². The van der Waals surface area contributed by atoms with Crippen molar-refractivity contribution < 1.29 is 17.9 Å². The summed E-state index contributed by atoms with van der Waals surface area (Å²) < 4.78 is 30.8. The summed E-state index contributed by atoms with van der Waals surface area (Å²) in [5.74, 6) is 0.0133. The molecule has 1 N–H and O–H groups in total. The molecule has 7 nitrogen and oxygen atoms in total. The van der Waals surface area contributed by atoms with E-state index < -0.39 is 15.7 Å². The fourth-order valence-electron chi connectivity index (χ4n) is 2.91. The molecule has 8 heteroatoms. The second kappa shape index (κ2) is 8.53. The molecule has 0 saturated carbocycles. The average molecular weight is 401 g/mol. The molecule has 0 radical (unpaired) electrons. The molecular formula is C20H23N3O4S. The molecule has 1 amide bonds. The fraction of sp³-hybridized carbons (Fsp3) is 0.300. The highest BCUT2D eigenvalue weighted by atomic mass is 32.2. The number of anilines is 1. The molecule has 0 aliphatic rings. The van der Waals surface area contributed by atoms with Gasteiger partial charge in [0.15, 0.2) is 9.84 Å². The monoisotopic (exact) mass is 401 g/mol. The zero-order valence-corrected chi connectivity index (χ0v) is 16.7. The van der Waals surface area contributed by atoms with Crippen LogP contribution < -0.4 is 5.32 Å². The highest BCUT2D eigenvalue weighted by Gasteiger charge is 2.16. The lowest BCUT2D eigenvalue weighted by atomic mass is 10.2. The number of carbonyl (C=O) groups excluding carboxylic acids is 1. The summed E-state index contributed by atoms with van der Waals surface area (Å²) in [6.45, 7) is 3.86. The van der Waals surface area contributed by atoms with Crippen molar-refractivity contribution in [3.05, 3.63) is 54.1 Å². The van der Waals surface area contributed by atoms with Gasteiger partial charge >= 0.3 is 0 Å². The fourth-order valence-corrected chi connectivity index (χ4v) is 3.57. The number of carbonyl (C=O) groups is 1. The Labute approximate surface area is 164 Å². The van der Waals surface area contributed by atoms with Gasteiger partial charge in [0.05, 0.1) is 15.9 Å². The van der Waals surface area contributed by atoms with Gasteiger partial charge < -0.3 is 9.30 Å². The van der Waals surface area contributed by atoms with Crippen molar-refractivity contribution in [3.63, 3.8) is 0 Å². The Morgan fingerprint density at radius 3 is 2.71 bits per heavy atom. The molecule has 0 aliphatic heterocycles. The molecule has 1 aromatic heterocycles. The quantitative estimate of drug-likeness (QED) is 0.586. The third kappa shape index (κ3) is 4.58. The van der Waals surface area contributed by atoms with Crippen LogP contribution in [0.3, 0.4) is 0 Å². The van der Waals surface area contributed by atoms with Crippen molar-refractivity contribution in [2.24, 2.45) is 0 Å². The van der Waals surface area contributed by atoms with Crippen LogP contribution in [0.15, 0.2) is 53.4 Å². The summed E-state index contributed by atoms with van der Waals surface area (Å²) in [4.78, 5) is 17.3. The summed E-state index contributed by atoms with van der Waals surface area (Å²) in [7, 11) is -3.39. The van der Waals surface area contributed by atoms with Gasteiger partial charge in [-0.1, -0.05) is 18.2 Å². The lowest BCUT2D eigenvalue weighted by molar-refractivity contribution is 0.102. The number of para-hydroxylation sites is 2. The van der Waals surface area contributed by atoms with Gasteiger partial charge in [0.2, 0.25) is 5.95 Å². The molecule has 0 saturated heterocycles. The standard InChI is InChI=1S/C20H23N3O4S/c1-3-27-13-7-12-23-18-11-5-4-10-17(18)21-20(23)22-19(24)15-8-6-9-16(14-15)28(2,25)26/h4-6,8-11,14H,3,7,12-13H2,1-2H3,(H,21,22,24). The number of hydrogen-bond donors (Lipinski definition) is 1. The number of amides is 1. The van der Waals surface area contributed by atoms with Crippen molar-refractivity contribution >= 4 is 32.7 Å². The number of hydrogen-bond acceptors (Lipinski definition) is 5. The second-order valence-electron chi connectivity index (χ2n) is 6.38. The number of aromatic nitrogens is 2. The lowest BCUT2D eigenvalue weighted by Gasteiger charge is -2.10. The lowest BCUT2D eigenvalue weighted by Crippen LogP contribution is -2.17. The van der Waals surface area contributed by atoms with E-state index in [0.29, 0.717) is 25.7 Å². The normalized spacial score (nSPS) is 11.6. The second-order valence-corrected chi connectivity index (χ2v) is 8.40. The van der Waals surface area contributed by atoms with Crippen LogP contribution in [0.2, 0.25) is 0 Å². The van der Waals surface area contributed by atoms with Crippen LogP contribution in [0.25, 0.3) is 11.0 Å². The Bertz CT molecular complexity index is 1090. The van der Waals surface area contributed by atoms with Gasteiger partial charge in [0.25, 0.3) is 5.91 Å². The van der Waals surface area contributed by atoms with Crippen LogP contribution in [-0.2, 0) is 21.1 Å². The Hall–Kier alpha value is -2.71. The highest BCUT2D eigenvalue weighted by Crippen LogP contribution is 2.21. The van der Waals surface area contributed by atoms with E-state index in [4.69, 9.17) is 4.74 Å². The first-order valence-electron chi connectivity index (χ1n) is 9.04. The van der Waals surface area contributed by atoms with E-state index in [1.165, 1.54) is 12.1 Å². The van der Waals surface area contributed by atoms with Crippen LogP contribution >= 0.6 is 0 Å². The first-order chi connectivity index (χ1) is 13.4. The molecule has 0 unspecified atom stereocenters. The summed E-state index contributed by atoms with van der Waals surface area (Å²) in [5, 5.41) is 2.81. The number of fused-ring (bicyclic) bond motifs is 1. The van der Waals surface area contributed by atoms with E-state index in [9.17, 15) is 13.2 Å². The van der Waals surface area contributed by atoms with Gasteiger partial charge in [-0.3, -0.25) is 10.1 Å². The maximum atomic E-state index is 12.7. The number of rotatable bonds is 8. The van der Waals surface area contributed by atoms with Crippen molar-refractivity contribution in [2.75, 3.05) is 24.8 Å². The van der Waals surface area contributed by atoms with E-state index in [0.717, 1.165) is 23.7 Å². The van der Waals surface area contributed by atoms with Crippen molar-refractivity contribution in [3.8, 4) is 0 Å². The molecule has 0 atom stereocenters. The van der Waals surface area contributed by atoms with Crippen LogP contribution in [0.5, 0.6) is 0 Å². The Morgan fingerprint density at radius 1 is 1.18 bits per heavy atom. The molecule has 0 aliphatic carbocycles. The number of ether oxygens (including phenoxy) is 1. The van der Waals surface area contributed by atoms with Crippen molar-refractivity contribution in [1.29, 1.82) is 0 Å².